The molecule has 1 aliphatic heterocycles. The van der Waals surface area contributed by atoms with Crippen LogP contribution in [-0.4, -0.2) is 22.5 Å². The maximum Gasteiger partial charge on any atom is 0.262 e. The van der Waals surface area contributed by atoms with Gasteiger partial charge in [0, 0.05) is 12.4 Å². The van der Waals surface area contributed by atoms with Crippen LogP contribution in [0.5, 0.6) is 0 Å². The third kappa shape index (κ3) is 2.26. The second-order valence-electron chi connectivity index (χ2n) is 5.46. The van der Waals surface area contributed by atoms with Gasteiger partial charge in [-0.1, -0.05) is 40.4 Å². The van der Waals surface area contributed by atoms with Gasteiger partial charge in [-0.3, -0.25) is 9.69 Å². The van der Waals surface area contributed by atoms with Crippen LogP contribution < -0.4 is 9.80 Å². The Balaban J connectivity index is 1.95. The van der Waals surface area contributed by atoms with Gasteiger partial charge in [0.1, 0.15) is 5.69 Å². The van der Waals surface area contributed by atoms with E-state index in [1.54, 1.807) is 11.0 Å². The molecule has 5 nitrogen and oxygen atoms in total. The second-order valence-corrected chi connectivity index (χ2v) is 6.48. The molecule has 0 bridgehead atoms. The molecule has 1 aliphatic rings. The van der Waals surface area contributed by atoms with Crippen LogP contribution in [0.15, 0.2) is 53.9 Å². The van der Waals surface area contributed by atoms with Crippen LogP contribution in [-0.2, 0) is 0 Å². The predicted molar refractivity (Wildman–Crippen MR) is 95.8 cm³/mol. The van der Waals surface area contributed by atoms with Gasteiger partial charge in [0.2, 0.25) is 0 Å². The molecule has 0 N–H and O–H groups in total. The monoisotopic (exact) mass is 356 g/mol. The van der Waals surface area contributed by atoms with Crippen molar-refractivity contribution in [3.05, 3.63) is 70.2 Å². The third-order valence-corrected chi connectivity index (χ3v) is 4.94. The highest BCUT2D eigenvalue weighted by Gasteiger charge is 2.39. The number of carbonyl (C=O) groups excluding carboxylic acids is 1. The molecule has 0 saturated heterocycles. The van der Waals surface area contributed by atoms with Crippen LogP contribution in [0, 0.1) is 0 Å². The van der Waals surface area contributed by atoms with E-state index in [2.05, 4.69) is 9.59 Å². The van der Waals surface area contributed by atoms with E-state index in [0.29, 0.717) is 22.0 Å². The smallest absolute Gasteiger partial charge is 0.262 e. The van der Waals surface area contributed by atoms with Crippen LogP contribution in [0.25, 0.3) is 0 Å². The van der Waals surface area contributed by atoms with E-state index < -0.39 is 6.17 Å². The number of para-hydroxylation sites is 2. The minimum Gasteiger partial charge on any atom is -0.348 e. The zero-order valence-electron chi connectivity index (χ0n) is 12.8. The number of rotatable bonds is 2. The summed E-state index contributed by atoms with van der Waals surface area (Å²) in [4.78, 5) is 16.9. The first kappa shape index (κ1) is 15.1. The van der Waals surface area contributed by atoms with Gasteiger partial charge in [-0.05, 0) is 35.8 Å². The number of carbonyl (C=O) groups is 1. The van der Waals surface area contributed by atoms with Crippen molar-refractivity contribution in [2.75, 3.05) is 16.8 Å². The molecule has 1 amide bonds. The molecule has 0 radical (unpaired) electrons. The lowest BCUT2D eigenvalue weighted by Crippen LogP contribution is -2.48. The molecule has 3 aromatic rings. The van der Waals surface area contributed by atoms with Crippen molar-refractivity contribution in [2.24, 2.45) is 0 Å². The largest absolute Gasteiger partial charge is 0.348 e. The van der Waals surface area contributed by atoms with E-state index in [4.69, 9.17) is 11.6 Å². The van der Waals surface area contributed by atoms with Crippen LogP contribution in [0.4, 0.5) is 11.4 Å². The SMILES string of the molecule is CN1c2ccccc2C(=O)N(c2ccccc2Cl)[C@H]1c1csnn1. The van der Waals surface area contributed by atoms with E-state index in [1.165, 1.54) is 11.5 Å². The van der Waals surface area contributed by atoms with E-state index in [-0.39, 0.29) is 5.91 Å². The molecule has 2 heterocycles. The molecule has 0 aliphatic carbocycles. The number of hydrogen-bond acceptors (Lipinski definition) is 5. The number of hydrogen-bond donors (Lipinski definition) is 0. The summed E-state index contributed by atoms with van der Waals surface area (Å²) in [5.74, 6) is -0.102. The molecule has 0 unspecified atom stereocenters. The van der Waals surface area contributed by atoms with Gasteiger partial charge in [0.15, 0.2) is 6.17 Å². The highest BCUT2D eigenvalue weighted by Crippen LogP contribution is 2.41. The first-order valence-corrected chi connectivity index (χ1v) is 8.57. The molecule has 2 aromatic carbocycles. The highest BCUT2D eigenvalue weighted by molar-refractivity contribution is 7.03. The Morgan fingerprint density at radius 2 is 1.79 bits per heavy atom. The van der Waals surface area contributed by atoms with Gasteiger partial charge in [0.25, 0.3) is 5.91 Å². The third-order valence-electron chi connectivity index (χ3n) is 4.10. The zero-order chi connectivity index (χ0) is 16.7. The molecule has 4 rings (SSSR count). The molecule has 120 valence electrons. The fourth-order valence-electron chi connectivity index (χ4n) is 3.01. The number of fused-ring (bicyclic) bond motifs is 1. The van der Waals surface area contributed by atoms with E-state index in [1.807, 2.05) is 59.8 Å². The molecule has 1 aromatic heterocycles. The number of anilines is 2. The van der Waals surface area contributed by atoms with E-state index >= 15 is 0 Å². The van der Waals surface area contributed by atoms with Crippen molar-refractivity contribution in [3.63, 3.8) is 0 Å². The Morgan fingerprint density at radius 3 is 2.50 bits per heavy atom. The fraction of sp³-hybridized carbons (Fsp3) is 0.118. The van der Waals surface area contributed by atoms with Crippen LogP contribution >= 0.6 is 23.1 Å². The zero-order valence-corrected chi connectivity index (χ0v) is 14.3. The topological polar surface area (TPSA) is 49.3 Å². The summed E-state index contributed by atoms with van der Waals surface area (Å²) >= 11 is 7.64. The van der Waals surface area contributed by atoms with Crippen molar-refractivity contribution < 1.29 is 4.79 Å². The van der Waals surface area contributed by atoms with Gasteiger partial charge in [0.05, 0.1) is 22.0 Å². The summed E-state index contributed by atoms with van der Waals surface area (Å²) in [7, 11) is 1.94. The summed E-state index contributed by atoms with van der Waals surface area (Å²) < 4.78 is 3.96. The number of aromatic nitrogens is 2. The van der Waals surface area contributed by atoms with Crippen LogP contribution in [0.2, 0.25) is 5.02 Å². The average Bonchev–Trinajstić information content (AvgIpc) is 3.13. The molecule has 24 heavy (non-hydrogen) atoms. The van der Waals surface area contributed by atoms with Gasteiger partial charge in [-0.25, -0.2) is 0 Å². The second kappa shape index (κ2) is 5.89. The summed E-state index contributed by atoms with van der Waals surface area (Å²) in [5.41, 5.74) is 2.87. The fourth-order valence-corrected chi connectivity index (χ4v) is 3.70. The lowest BCUT2D eigenvalue weighted by molar-refractivity contribution is 0.0969. The summed E-state index contributed by atoms with van der Waals surface area (Å²) in [6, 6.07) is 14.9. The molecular weight excluding hydrogens is 344 g/mol. The highest BCUT2D eigenvalue weighted by atomic mass is 35.5. The van der Waals surface area contributed by atoms with Gasteiger partial charge < -0.3 is 4.90 Å². The van der Waals surface area contributed by atoms with Gasteiger partial charge >= 0.3 is 0 Å². The Bertz CT molecular complexity index is 899. The molecular formula is C17H13ClN4OS. The quantitative estimate of drug-likeness (QED) is 0.696. The van der Waals surface area contributed by atoms with Crippen molar-refractivity contribution in [1.29, 1.82) is 0 Å². The maximum absolute atomic E-state index is 13.2. The van der Waals surface area contributed by atoms with Crippen LogP contribution in [0.3, 0.4) is 0 Å². The first-order chi connectivity index (χ1) is 11.7. The predicted octanol–water partition coefficient (Wildman–Crippen LogP) is 3.99. The Hall–Kier alpha value is -2.44. The van der Waals surface area contributed by atoms with E-state index in [9.17, 15) is 4.79 Å². The van der Waals surface area contributed by atoms with Gasteiger partial charge in [-0.2, -0.15) is 0 Å². The lowest BCUT2D eigenvalue weighted by Gasteiger charge is -2.43. The lowest BCUT2D eigenvalue weighted by atomic mass is 10.0. The van der Waals surface area contributed by atoms with E-state index in [0.717, 1.165) is 5.69 Å². The molecule has 0 saturated carbocycles. The van der Waals surface area contributed by atoms with Crippen molar-refractivity contribution >= 4 is 40.4 Å². The number of halogens is 1. The van der Waals surface area contributed by atoms with Crippen molar-refractivity contribution in [3.8, 4) is 0 Å². The molecule has 0 fully saturated rings. The summed E-state index contributed by atoms with van der Waals surface area (Å²) in [6.07, 6.45) is -0.397. The number of amides is 1. The first-order valence-electron chi connectivity index (χ1n) is 7.35. The Morgan fingerprint density at radius 1 is 1.08 bits per heavy atom. The van der Waals surface area contributed by atoms with Crippen molar-refractivity contribution in [1.82, 2.24) is 9.59 Å². The standard InChI is InChI=1S/C17H13ClN4OS/c1-21-14-8-4-2-6-11(14)17(23)22(15-9-5-3-7-12(15)18)16(21)13-10-24-20-19-13/h2-10,16H,1H3/t16-/m0/s1. The molecule has 7 heteroatoms. The summed E-state index contributed by atoms with van der Waals surface area (Å²) in [6.45, 7) is 0. The molecule has 0 spiro atoms. The Labute approximate surface area is 148 Å². The molecule has 1 atom stereocenters. The van der Waals surface area contributed by atoms with Gasteiger partial charge in [-0.15, -0.1) is 5.10 Å². The average molecular weight is 357 g/mol. The minimum atomic E-state index is -0.397. The van der Waals surface area contributed by atoms with Crippen LogP contribution in [0.1, 0.15) is 22.2 Å². The normalized spacial score (nSPS) is 17.1. The maximum atomic E-state index is 13.2. The Kier molecular flexibility index (Phi) is 3.70. The number of nitrogens with zero attached hydrogens (tertiary/aromatic N) is 4. The summed E-state index contributed by atoms with van der Waals surface area (Å²) in [5, 5.41) is 6.57. The van der Waals surface area contributed by atoms with Crippen molar-refractivity contribution in [2.45, 2.75) is 6.17 Å². The minimum absolute atomic E-state index is 0.102. The number of benzene rings is 2.